The first-order chi connectivity index (χ1) is 11.4. The summed E-state index contributed by atoms with van der Waals surface area (Å²) >= 11 is 0. The van der Waals surface area contributed by atoms with Gasteiger partial charge in [-0.05, 0) is 30.9 Å². The van der Waals surface area contributed by atoms with Gasteiger partial charge in [0.05, 0.1) is 7.11 Å². The lowest BCUT2D eigenvalue weighted by molar-refractivity contribution is 0.402. The second kappa shape index (κ2) is 6.06. The van der Waals surface area contributed by atoms with Crippen molar-refractivity contribution in [3.8, 4) is 22.6 Å². The van der Waals surface area contributed by atoms with Gasteiger partial charge in [-0.1, -0.05) is 60.7 Å². The molecule has 3 heteroatoms. The molecule has 0 amide bonds. The molecule has 0 aromatic heterocycles. The molecule has 0 unspecified atom stereocenters. The van der Waals surface area contributed by atoms with Crippen LogP contribution >= 0.6 is 7.92 Å². The third-order valence-electron chi connectivity index (χ3n) is 4.08. The van der Waals surface area contributed by atoms with Crippen molar-refractivity contribution in [1.82, 2.24) is 0 Å². The fourth-order valence-corrected chi connectivity index (χ4v) is 5.24. The molecule has 0 fully saturated rings. The lowest BCUT2D eigenvalue weighted by Gasteiger charge is -2.16. The summed E-state index contributed by atoms with van der Waals surface area (Å²) in [6.45, 7) is 0. The Morgan fingerprint density at radius 3 is 2.39 bits per heavy atom. The fraction of sp³-hybridized carbons (Fsp3) is 0.100. The van der Waals surface area contributed by atoms with Crippen molar-refractivity contribution < 1.29 is 9.47 Å². The number of hydrogen-bond acceptors (Lipinski definition) is 2. The van der Waals surface area contributed by atoms with Gasteiger partial charge in [0.15, 0.2) is 0 Å². The average molecular weight is 320 g/mol. The molecule has 23 heavy (non-hydrogen) atoms. The van der Waals surface area contributed by atoms with Crippen LogP contribution in [0.1, 0.15) is 0 Å². The van der Waals surface area contributed by atoms with Gasteiger partial charge in [0.1, 0.15) is 17.8 Å². The monoisotopic (exact) mass is 320 g/mol. The van der Waals surface area contributed by atoms with Crippen molar-refractivity contribution in [3.63, 3.8) is 0 Å². The molecule has 0 spiro atoms. The van der Waals surface area contributed by atoms with E-state index in [0.29, 0.717) is 0 Å². The molecule has 1 aliphatic heterocycles. The molecular formula is C20H17O2P. The van der Waals surface area contributed by atoms with Gasteiger partial charge in [0.2, 0.25) is 0 Å². The molecular weight excluding hydrogens is 303 g/mol. The Morgan fingerprint density at radius 1 is 0.826 bits per heavy atom. The van der Waals surface area contributed by atoms with Gasteiger partial charge in [-0.25, -0.2) is 0 Å². The van der Waals surface area contributed by atoms with E-state index in [1.807, 2.05) is 12.1 Å². The maximum Gasteiger partial charge on any atom is 0.128 e. The number of ether oxygens (including phenoxy) is 2. The minimum atomic E-state index is -0.496. The molecule has 3 aromatic rings. The highest BCUT2D eigenvalue weighted by molar-refractivity contribution is 7.73. The van der Waals surface area contributed by atoms with Crippen LogP contribution in [0.3, 0.4) is 0 Å². The first kappa shape index (κ1) is 14.3. The predicted octanol–water partition coefficient (Wildman–Crippen LogP) is 4.14. The largest absolute Gasteiger partial charge is 0.496 e. The van der Waals surface area contributed by atoms with Crippen LogP contribution < -0.4 is 20.1 Å². The van der Waals surface area contributed by atoms with E-state index in [0.717, 1.165) is 23.4 Å². The van der Waals surface area contributed by atoms with Crippen molar-refractivity contribution in [3.05, 3.63) is 72.8 Å². The van der Waals surface area contributed by atoms with Crippen LogP contribution in [0.4, 0.5) is 0 Å². The summed E-state index contributed by atoms with van der Waals surface area (Å²) in [7, 11) is 1.23. The smallest absolute Gasteiger partial charge is 0.128 e. The summed E-state index contributed by atoms with van der Waals surface area (Å²) in [5.74, 6) is 1.90. The molecule has 114 valence electrons. The summed E-state index contributed by atoms with van der Waals surface area (Å²) in [6.07, 6.45) is 0.751. The van der Waals surface area contributed by atoms with E-state index in [9.17, 15) is 0 Å². The fourth-order valence-electron chi connectivity index (χ4n) is 3.01. The second-order valence-electron chi connectivity index (χ2n) is 5.39. The number of rotatable bonds is 3. The molecule has 4 rings (SSSR count). The van der Waals surface area contributed by atoms with Crippen LogP contribution in [-0.4, -0.2) is 13.5 Å². The van der Waals surface area contributed by atoms with E-state index in [1.54, 1.807) is 7.11 Å². The van der Waals surface area contributed by atoms with E-state index in [2.05, 4.69) is 60.7 Å². The summed E-state index contributed by atoms with van der Waals surface area (Å²) in [5, 5.41) is 2.67. The SMILES string of the molecule is COc1ccccc1-c1cccc2c1[P@@](c1ccccc1)CO2. The number of methoxy groups -OCH3 is 1. The molecule has 0 N–H and O–H groups in total. The topological polar surface area (TPSA) is 18.5 Å². The molecule has 0 aliphatic carbocycles. The van der Waals surface area contributed by atoms with Gasteiger partial charge in [-0.3, -0.25) is 0 Å². The standard InChI is InChI=1S/C20H17O2P/c1-21-18-12-6-5-10-16(18)17-11-7-13-19-20(17)23(14-22-19)15-8-3-2-4-9-15/h2-13H,14H2,1H3/t23-/m1/s1. The number of benzene rings is 3. The molecule has 0 saturated heterocycles. The van der Waals surface area contributed by atoms with Crippen LogP contribution in [0, 0.1) is 0 Å². The Kier molecular flexibility index (Phi) is 3.77. The number of para-hydroxylation sites is 1. The highest BCUT2D eigenvalue weighted by Gasteiger charge is 2.29. The summed E-state index contributed by atoms with van der Waals surface area (Å²) in [6, 6.07) is 25.1. The summed E-state index contributed by atoms with van der Waals surface area (Å²) in [5.41, 5.74) is 2.34. The van der Waals surface area contributed by atoms with Gasteiger partial charge >= 0.3 is 0 Å². The van der Waals surface area contributed by atoms with Gasteiger partial charge in [-0.15, -0.1) is 0 Å². The maximum absolute atomic E-state index is 5.99. The molecule has 2 nitrogen and oxygen atoms in total. The second-order valence-corrected chi connectivity index (χ2v) is 7.47. The molecule has 1 heterocycles. The lowest BCUT2D eigenvalue weighted by atomic mass is 10.0. The predicted molar refractivity (Wildman–Crippen MR) is 96.6 cm³/mol. The van der Waals surface area contributed by atoms with E-state index in [-0.39, 0.29) is 0 Å². The van der Waals surface area contributed by atoms with Gasteiger partial charge < -0.3 is 9.47 Å². The highest BCUT2D eigenvalue weighted by Crippen LogP contribution is 2.47. The first-order valence-corrected chi connectivity index (χ1v) is 9.13. The van der Waals surface area contributed by atoms with E-state index in [1.165, 1.54) is 16.2 Å². The van der Waals surface area contributed by atoms with Crippen molar-refractivity contribution in [2.75, 3.05) is 13.5 Å². The highest BCUT2D eigenvalue weighted by atomic mass is 31.1. The number of fused-ring (bicyclic) bond motifs is 1. The normalized spacial score (nSPS) is 15.8. The molecule has 0 saturated carbocycles. The lowest BCUT2D eigenvalue weighted by Crippen LogP contribution is -2.11. The molecule has 0 bridgehead atoms. The average Bonchev–Trinajstić information content (AvgIpc) is 3.06. The zero-order chi connectivity index (χ0) is 15.6. The van der Waals surface area contributed by atoms with Crippen molar-refractivity contribution in [1.29, 1.82) is 0 Å². The minimum absolute atomic E-state index is 0.496. The molecule has 3 aromatic carbocycles. The van der Waals surface area contributed by atoms with Crippen molar-refractivity contribution in [2.45, 2.75) is 0 Å². The van der Waals surface area contributed by atoms with Gasteiger partial charge in [-0.2, -0.15) is 0 Å². The first-order valence-electron chi connectivity index (χ1n) is 7.60. The quantitative estimate of drug-likeness (QED) is 0.675. The minimum Gasteiger partial charge on any atom is -0.496 e. The Labute approximate surface area is 137 Å². The van der Waals surface area contributed by atoms with Crippen LogP contribution in [0.5, 0.6) is 11.5 Å². The van der Waals surface area contributed by atoms with Gasteiger partial charge in [0, 0.05) is 10.9 Å². The third kappa shape index (κ3) is 2.50. The van der Waals surface area contributed by atoms with Crippen LogP contribution in [0.2, 0.25) is 0 Å². The molecule has 1 aliphatic rings. The zero-order valence-corrected chi connectivity index (χ0v) is 13.8. The van der Waals surface area contributed by atoms with Crippen molar-refractivity contribution in [2.24, 2.45) is 0 Å². The van der Waals surface area contributed by atoms with E-state index >= 15 is 0 Å². The summed E-state index contributed by atoms with van der Waals surface area (Å²) < 4.78 is 11.6. The van der Waals surface area contributed by atoms with Crippen LogP contribution in [-0.2, 0) is 0 Å². The Balaban J connectivity index is 1.90. The Bertz CT molecular complexity index is 830. The number of hydrogen-bond donors (Lipinski definition) is 0. The van der Waals surface area contributed by atoms with Crippen molar-refractivity contribution >= 4 is 18.5 Å². The molecule has 0 radical (unpaired) electrons. The Hall–Kier alpha value is -2.31. The maximum atomic E-state index is 5.99. The van der Waals surface area contributed by atoms with Crippen LogP contribution in [0.25, 0.3) is 11.1 Å². The zero-order valence-electron chi connectivity index (χ0n) is 12.9. The van der Waals surface area contributed by atoms with E-state index < -0.39 is 7.92 Å². The van der Waals surface area contributed by atoms with E-state index in [4.69, 9.17) is 9.47 Å². The van der Waals surface area contributed by atoms with Crippen LogP contribution in [0.15, 0.2) is 72.8 Å². The van der Waals surface area contributed by atoms with Gasteiger partial charge in [0.25, 0.3) is 0 Å². The third-order valence-corrected chi connectivity index (χ3v) is 6.39. The molecule has 1 atom stereocenters. The Morgan fingerprint density at radius 2 is 1.57 bits per heavy atom. The summed E-state index contributed by atoms with van der Waals surface area (Å²) in [4.78, 5) is 0.